The van der Waals surface area contributed by atoms with Crippen LogP contribution >= 0.6 is 11.8 Å². The number of nitrogens with one attached hydrogen (secondary N) is 1. The summed E-state index contributed by atoms with van der Waals surface area (Å²) >= 11 is 1.66. The highest BCUT2D eigenvalue weighted by Crippen LogP contribution is 2.40. The number of carbonyl (C=O) groups is 2. The summed E-state index contributed by atoms with van der Waals surface area (Å²) in [4.78, 5) is 27.4. The fourth-order valence-corrected chi connectivity index (χ4v) is 5.97. The lowest BCUT2D eigenvalue weighted by Gasteiger charge is -2.36. The Labute approximate surface area is 261 Å². The molecular formula is C35H36N2O6S. The molecule has 3 aromatic carbocycles. The van der Waals surface area contributed by atoms with E-state index in [9.17, 15) is 14.7 Å². The monoisotopic (exact) mass is 612 g/mol. The van der Waals surface area contributed by atoms with Gasteiger partial charge in [-0.1, -0.05) is 78.9 Å². The number of carboxylic acid groups (broad SMARTS) is 1. The number of aliphatic hydroxyl groups is 1. The zero-order valence-corrected chi connectivity index (χ0v) is 25.1. The highest BCUT2D eigenvalue weighted by Gasteiger charge is 2.32. The van der Waals surface area contributed by atoms with Crippen LogP contribution in [0.4, 0.5) is 0 Å². The Hall–Kier alpha value is -4.02. The standard InChI is InChI=1S/C35H36N2O6S/c38-22-24-11-13-26(14-12-24)31-20-29(23-44-33-9-3-4-19-36-33)42-35(43-31)27-17-15-25(16-18-27)30-7-2-1-6-28(30)21-37-32(39)8-5-10-34(40)41/h1-4,6-7,9,11-19,29,31,35,38H,5,8,10,20-23H2,(H,37,39)(H,40,41). The van der Waals surface area contributed by atoms with Gasteiger partial charge in [0.2, 0.25) is 5.91 Å². The Morgan fingerprint density at radius 2 is 1.64 bits per heavy atom. The van der Waals surface area contributed by atoms with Gasteiger partial charge in [-0.05, 0) is 46.4 Å². The molecule has 3 N–H and O–H groups in total. The summed E-state index contributed by atoms with van der Waals surface area (Å²) in [6, 6.07) is 29.7. The van der Waals surface area contributed by atoms with Crippen molar-refractivity contribution in [1.29, 1.82) is 0 Å². The molecule has 44 heavy (non-hydrogen) atoms. The topological polar surface area (TPSA) is 118 Å². The van der Waals surface area contributed by atoms with Gasteiger partial charge in [-0.25, -0.2) is 4.98 Å². The zero-order chi connectivity index (χ0) is 30.7. The van der Waals surface area contributed by atoms with Crippen LogP contribution in [0.5, 0.6) is 0 Å². The van der Waals surface area contributed by atoms with Crippen LogP contribution in [0.25, 0.3) is 11.1 Å². The molecule has 9 heteroatoms. The SMILES string of the molecule is O=C(O)CCCC(=O)NCc1ccccc1-c1ccc(C2OC(CSc3ccccn3)CC(c3ccc(CO)cc3)O2)cc1. The van der Waals surface area contributed by atoms with E-state index in [0.29, 0.717) is 19.4 Å². The number of carboxylic acids is 1. The molecule has 1 amide bonds. The zero-order valence-electron chi connectivity index (χ0n) is 24.3. The molecule has 228 valence electrons. The quantitative estimate of drug-likeness (QED) is 0.148. The maximum atomic E-state index is 12.2. The second kappa shape index (κ2) is 15.6. The van der Waals surface area contributed by atoms with Crippen LogP contribution in [0.15, 0.2) is 102 Å². The van der Waals surface area contributed by atoms with Crippen LogP contribution in [-0.2, 0) is 32.2 Å². The van der Waals surface area contributed by atoms with E-state index in [0.717, 1.165) is 44.2 Å². The Balaban J connectivity index is 1.29. The molecule has 1 aliphatic heterocycles. The molecule has 3 atom stereocenters. The molecule has 1 aromatic heterocycles. The van der Waals surface area contributed by atoms with Gasteiger partial charge >= 0.3 is 5.97 Å². The molecule has 0 aliphatic carbocycles. The molecular weight excluding hydrogens is 576 g/mol. The fraction of sp³-hybridized carbons (Fsp3) is 0.286. The number of aliphatic hydroxyl groups excluding tert-OH is 1. The number of hydrogen-bond donors (Lipinski definition) is 3. The molecule has 2 heterocycles. The van der Waals surface area contributed by atoms with Gasteiger partial charge in [0.15, 0.2) is 6.29 Å². The van der Waals surface area contributed by atoms with E-state index in [1.807, 2.05) is 91.0 Å². The third-order valence-corrected chi connectivity index (χ3v) is 8.53. The van der Waals surface area contributed by atoms with Gasteiger partial charge in [0.05, 0.1) is 23.8 Å². The van der Waals surface area contributed by atoms with Gasteiger partial charge in [-0.3, -0.25) is 9.59 Å². The number of hydrogen-bond acceptors (Lipinski definition) is 7. The van der Waals surface area contributed by atoms with Crippen LogP contribution in [0.1, 0.15) is 60.3 Å². The molecule has 1 saturated heterocycles. The Morgan fingerprint density at radius 1 is 0.886 bits per heavy atom. The van der Waals surface area contributed by atoms with E-state index >= 15 is 0 Å². The van der Waals surface area contributed by atoms with Crippen LogP contribution in [-0.4, -0.2) is 38.9 Å². The van der Waals surface area contributed by atoms with Crippen molar-refractivity contribution in [1.82, 2.24) is 10.3 Å². The smallest absolute Gasteiger partial charge is 0.303 e. The lowest BCUT2D eigenvalue weighted by atomic mass is 9.97. The van der Waals surface area contributed by atoms with Crippen molar-refractivity contribution in [3.63, 3.8) is 0 Å². The van der Waals surface area contributed by atoms with Crippen molar-refractivity contribution < 1.29 is 29.3 Å². The van der Waals surface area contributed by atoms with E-state index in [1.54, 1.807) is 18.0 Å². The van der Waals surface area contributed by atoms with Gasteiger partial charge in [0, 0.05) is 43.3 Å². The third kappa shape index (κ3) is 8.76. The summed E-state index contributed by atoms with van der Waals surface area (Å²) in [7, 11) is 0. The number of nitrogens with zero attached hydrogens (tertiary/aromatic N) is 1. The molecule has 1 aliphatic rings. The van der Waals surface area contributed by atoms with Crippen LogP contribution in [0.3, 0.4) is 0 Å². The first-order valence-corrected chi connectivity index (χ1v) is 15.7. The number of amides is 1. The molecule has 5 rings (SSSR count). The van der Waals surface area contributed by atoms with Gasteiger partial charge in [-0.2, -0.15) is 0 Å². The number of ether oxygens (including phenoxy) is 2. The number of benzene rings is 3. The highest BCUT2D eigenvalue weighted by atomic mass is 32.2. The lowest BCUT2D eigenvalue weighted by Crippen LogP contribution is -2.31. The lowest BCUT2D eigenvalue weighted by molar-refractivity contribution is -0.245. The average Bonchev–Trinajstić information content (AvgIpc) is 3.07. The Bertz CT molecular complexity index is 1510. The highest BCUT2D eigenvalue weighted by molar-refractivity contribution is 7.99. The van der Waals surface area contributed by atoms with E-state index in [2.05, 4.69) is 10.3 Å². The number of aliphatic carboxylic acids is 1. The van der Waals surface area contributed by atoms with E-state index in [-0.39, 0.29) is 37.6 Å². The van der Waals surface area contributed by atoms with E-state index in [4.69, 9.17) is 14.6 Å². The van der Waals surface area contributed by atoms with Crippen molar-refractivity contribution in [3.05, 3.63) is 119 Å². The van der Waals surface area contributed by atoms with Gasteiger partial charge in [0.1, 0.15) is 0 Å². The summed E-state index contributed by atoms with van der Waals surface area (Å²) in [5.41, 5.74) is 5.77. The number of rotatable bonds is 13. The molecule has 0 saturated carbocycles. The normalized spacial score (nSPS) is 18.1. The molecule has 0 spiro atoms. The van der Waals surface area contributed by atoms with E-state index in [1.165, 1.54) is 0 Å². The minimum atomic E-state index is -0.901. The largest absolute Gasteiger partial charge is 0.481 e. The molecule has 8 nitrogen and oxygen atoms in total. The average molecular weight is 613 g/mol. The van der Waals surface area contributed by atoms with Crippen molar-refractivity contribution >= 4 is 23.6 Å². The molecule has 0 bridgehead atoms. The summed E-state index contributed by atoms with van der Waals surface area (Å²) in [5, 5.41) is 22.1. The number of carbonyl (C=O) groups excluding carboxylic acids is 1. The number of aromatic nitrogens is 1. The third-order valence-electron chi connectivity index (χ3n) is 7.45. The molecule has 3 unspecified atom stereocenters. The fourth-order valence-electron chi connectivity index (χ4n) is 5.09. The second-order valence-corrected chi connectivity index (χ2v) is 11.7. The summed E-state index contributed by atoms with van der Waals surface area (Å²) in [6.07, 6.45) is 2.16. The predicted molar refractivity (Wildman–Crippen MR) is 169 cm³/mol. The van der Waals surface area contributed by atoms with Crippen LogP contribution in [0, 0.1) is 0 Å². The number of pyridine rings is 1. The van der Waals surface area contributed by atoms with Crippen LogP contribution < -0.4 is 5.32 Å². The van der Waals surface area contributed by atoms with Gasteiger partial charge in [0.25, 0.3) is 0 Å². The minimum Gasteiger partial charge on any atom is -0.481 e. The first-order valence-electron chi connectivity index (χ1n) is 14.7. The first kappa shape index (κ1) is 31.4. The second-order valence-electron chi connectivity index (χ2n) is 10.6. The van der Waals surface area contributed by atoms with Crippen molar-refractivity contribution in [2.45, 2.75) is 62.4 Å². The maximum Gasteiger partial charge on any atom is 0.303 e. The first-order chi connectivity index (χ1) is 21.5. The molecule has 4 aromatic rings. The molecule has 1 fully saturated rings. The van der Waals surface area contributed by atoms with Crippen LogP contribution in [0.2, 0.25) is 0 Å². The van der Waals surface area contributed by atoms with Gasteiger partial charge < -0.3 is 25.0 Å². The predicted octanol–water partition coefficient (Wildman–Crippen LogP) is 6.45. The van der Waals surface area contributed by atoms with Crippen molar-refractivity contribution in [2.75, 3.05) is 5.75 Å². The van der Waals surface area contributed by atoms with Crippen molar-refractivity contribution in [3.8, 4) is 11.1 Å². The summed E-state index contributed by atoms with van der Waals surface area (Å²) in [6.45, 7) is 0.348. The summed E-state index contributed by atoms with van der Waals surface area (Å²) < 4.78 is 13.0. The van der Waals surface area contributed by atoms with Crippen molar-refractivity contribution in [2.24, 2.45) is 0 Å². The minimum absolute atomic E-state index is 0.00444. The molecule has 0 radical (unpaired) electrons. The van der Waals surface area contributed by atoms with Gasteiger partial charge in [-0.15, -0.1) is 11.8 Å². The Morgan fingerprint density at radius 3 is 2.36 bits per heavy atom. The Kier molecular flexibility index (Phi) is 11.2. The maximum absolute atomic E-state index is 12.2. The van der Waals surface area contributed by atoms with E-state index < -0.39 is 12.3 Å². The number of thioether (sulfide) groups is 1. The summed E-state index contributed by atoms with van der Waals surface area (Å²) in [5.74, 6) is -0.337.